The fourth-order valence-corrected chi connectivity index (χ4v) is 4.12. The second-order valence-corrected chi connectivity index (χ2v) is 9.48. The Hall–Kier alpha value is -3.81. The predicted octanol–water partition coefficient (Wildman–Crippen LogP) is 5.85. The smallest absolute Gasteiger partial charge is 0.255 e. The highest BCUT2D eigenvalue weighted by Gasteiger charge is 2.26. The van der Waals surface area contributed by atoms with Gasteiger partial charge >= 0.3 is 0 Å². The molecule has 8 heteroatoms. The first kappa shape index (κ1) is 25.3. The van der Waals surface area contributed by atoms with E-state index in [0.717, 1.165) is 29.0 Å². The first-order valence-electron chi connectivity index (χ1n) is 12.0. The third-order valence-electron chi connectivity index (χ3n) is 5.74. The van der Waals surface area contributed by atoms with Gasteiger partial charge in [-0.25, -0.2) is 13.8 Å². The van der Waals surface area contributed by atoms with Crippen molar-refractivity contribution in [2.45, 2.75) is 46.7 Å². The third-order valence-corrected chi connectivity index (χ3v) is 5.74. The van der Waals surface area contributed by atoms with Gasteiger partial charge < -0.3 is 14.6 Å². The molecule has 0 aliphatic rings. The maximum Gasteiger partial charge on any atom is 0.255 e. The van der Waals surface area contributed by atoms with E-state index in [0.29, 0.717) is 41.6 Å². The highest BCUT2D eigenvalue weighted by atomic mass is 19.2. The van der Waals surface area contributed by atoms with E-state index < -0.39 is 11.6 Å². The molecule has 188 valence electrons. The van der Waals surface area contributed by atoms with Crippen molar-refractivity contribution < 1.29 is 18.3 Å². The second-order valence-electron chi connectivity index (χ2n) is 9.48. The molecule has 0 aliphatic carbocycles. The number of halogens is 2. The lowest BCUT2D eigenvalue weighted by molar-refractivity contribution is 0.0950. The standard InChI is InChI=1S/C28H30F2N4O2/c1-17(2)16-36-24-11-10-23-26(33-24)25(28(35)32-14-19-8-9-21(29)22(30)13-19)27(18(3)4)34(23)15-20-7-5-6-12-31-20/h5-13,17-18H,14-16H2,1-4H3,(H,32,35). The summed E-state index contributed by atoms with van der Waals surface area (Å²) in [5.41, 5.74) is 3.88. The number of aromatic nitrogens is 3. The van der Waals surface area contributed by atoms with Crippen LogP contribution in [0.4, 0.5) is 8.78 Å². The van der Waals surface area contributed by atoms with Crippen molar-refractivity contribution in [1.82, 2.24) is 19.9 Å². The number of nitrogens with zero attached hydrogens (tertiary/aromatic N) is 3. The topological polar surface area (TPSA) is 69.0 Å². The highest BCUT2D eigenvalue weighted by Crippen LogP contribution is 2.32. The first-order chi connectivity index (χ1) is 17.2. The molecule has 4 aromatic rings. The van der Waals surface area contributed by atoms with Crippen molar-refractivity contribution in [2.75, 3.05) is 6.61 Å². The zero-order chi connectivity index (χ0) is 25.8. The SMILES string of the molecule is CC(C)COc1ccc2c(n1)c(C(=O)NCc1ccc(F)c(F)c1)c(C(C)C)n2Cc1ccccn1. The molecular formula is C28H30F2N4O2. The number of hydrogen-bond acceptors (Lipinski definition) is 4. The zero-order valence-electron chi connectivity index (χ0n) is 20.9. The Kier molecular flexibility index (Phi) is 7.62. The van der Waals surface area contributed by atoms with E-state index in [-0.39, 0.29) is 18.4 Å². The van der Waals surface area contributed by atoms with Gasteiger partial charge in [0.25, 0.3) is 5.91 Å². The molecule has 1 amide bonds. The van der Waals surface area contributed by atoms with Gasteiger partial charge in [0.05, 0.1) is 29.9 Å². The van der Waals surface area contributed by atoms with Crippen LogP contribution in [0.25, 0.3) is 11.0 Å². The van der Waals surface area contributed by atoms with E-state index in [1.54, 1.807) is 6.20 Å². The lowest BCUT2D eigenvalue weighted by atomic mass is 10.0. The van der Waals surface area contributed by atoms with E-state index in [1.807, 2.05) is 44.2 Å². The summed E-state index contributed by atoms with van der Waals surface area (Å²) in [7, 11) is 0. The second kappa shape index (κ2) is 10.8. The Morgan fingerprint density at radius 3 is 2.53 bits per heavy atom. The van der Waals surface area contributed by atoms with Crippen LogP contribution in [-0.2, 0) is 13.1 Å². The zero-order valence-corrected chi connectivity index (χ0v) is 20.9. The van der Waals surface area contributed by atoms with Crippen LogP contribution in [0.5, 0.6) is 5.88 Å². The summed E-state index contributed by atoms with van der Waals surface area (Å²) >= 11 is 0. The maximum atomic E-state index is 13.7. The van der Waals surface area contributed by atoms with Crippen molar-refractivity contribution >= 4 is 16.9 Å². The van der Waals surface area contributed by atoms with Crippen LogP contribution in [0.3, 0.4) is 0 Å². The Morgan fingerprint density at radius 1 is 1.06 bits per heavy atom. The van der Waals surface area contributed by atoms with Gasteiger partial charge in [0, 0.05) is 24.5 Å². The monoisotopic (exact) mass is 492 g/mol. The van der Waals surface area contributed by atoms with Crippen LogP contribution < -0.4 is 10.1 Å². The number of pyridine rings is 2. The largest absolute Gasteiger partial charge is 0.477 e. The Balaban J connectivity index is 1.78. The summed E-state index contributed by atoms with van der Waals surface area (Å²) in [6.07, 6.45) is 1.74. The van der Waals surface area contributed by atoms with E-state index in [9.17, 15) is 13.6 Å². The molecule has 0 saturated heterocycles. The molecule has 4 rings (SSSR count). The predicted molar refractivity (Wildman–Crippen MR) is 135 cm³/mol. The van der Waals surface area contributed by atoms with Crippen LogP contribution in [0.15, 0.2) is 54.7 Å². The van der Waals surface area contributed by atoms with Gasteiger partial charge in [-0.05, 0) is 47.7 Å². The number of carbonyl (C=O) groups excluding carboxylic acids is 1. The minimum atomic E-state index is -0.954. The highest BCUT2D eigenvalue weighted by molar-refractivity contribution is 6.07. The number of rotatable bonds is 9. The number of carbonyl (C=O) groups is 1. The number of benzene rings is 1. The average Bonchev–Trinajstić information content (AvgIpc) is 3.17. The molecule has 1 N–H and O–H groups in total. The van der Waals surface area contributed by atoms with Gasteiger partial charge in [0.1, 0.15) is 5.52 Å². The molecule has 3 aromatic heterocycles. The van der Waals surface area contributed by atoms with Crippen molar-refractivity contribution in [3.05, 3.63) is 88.9 Å². The normalized spacial score (nSPS) is 11.4. The van der Waals surface area contributed by atoms with Gasteiger partial charge in [-0.1, -0.05) is 39.8 Å². The molecule has 0 aliphatic heterocycles. The van der Waals surface area contributed by atoms with E-state index >= 15 is 0 Å². The molecular weight excluding hydrogens is 462 g/mol. The van der Waals surface area contributed by atoms with E-state index in [2.05, 4.69) is 28.7 Å². The number of hydrogen-bond donors (Lipinski definition) is 1. The lowest BCUT2D eigenvalue weighted by Crippen LogP contribution is -2.25. The quantitative estimate of drug-likeness (QED) is 0.318. The van der Waals surface area contributed by atoms with Crippen LogP contribution in [0.1, 0.15) is 60.9 Å². The number of ether oxygens (including phenoxy) is 1. The van der Waals surface area contributed by atoms with Crippen molar-refractivity contribution in [2.24, 2.45) is 5.92 Å². The Morgan fingerprint density at radius 2 is 1.86 bits per heavy atom. The summed E-state index contributed by atoms with van der Waals surface area (Å²) in [4.78, 5) is 22.7. The summed E-state index contributed by atoms with van der Waals surface area (Å²) in [6.45, 7) is 9.16. The average molecular weight is 493 g/mol. The molecule has 0 radical (unpaired) electrons. The Labute approximate surface area is 209 Å². The molecule has 6 nitrogen and oxygen atoms in total. The van der Waals surface area contributed by atoms with Gasteiger partial charge in [0.15, 0.2) is 11.6 Å². The molecule has 0 fully saturated rings. The molecule has 36 heavy (non-hydrogen) atoms. The minimum Gasteiger partial charge on any atom is -0.477 e. The summed E-state index contributed by atoms with van der Waals surface area (Å²) in [5.74, 6) is -1.47. The third kappa shape index (κ3) is 5.53. The Bertz CT molecular complexity index is 1370. The summed E-state index contributed by atoms with van der Waals surface area (Å²) in [5, 5.41) is 2.86. The number of amides is 1. The molecule has 0 saturated carbocycles. The van der Waals surface area contributed by atoms with Crippen molar-refractivity contribution in [3.8, 4) is 5.88 Å². The van der Waals surface area contributed by atoms with Gasteiger partial charge in [0.2, 0.25) is 5.88 Å². The van der Waals surface area contributed by atoms with Gasteiger partial charge in [-0.15, -0.1) is 0 Å². The molecule has 0 atom stereocenters. The van der Waals surface area contributed by atoms with Crippen LogP contribution in [0.2, 0.25) is 0 Å². The van der Waals surface area contributed by atoms with Gasteiger partial charge in [-0.2, -0.15) is 0 Å². The summed E-state index contributed by atoms with van der Waals surface area (Å²) in [6, 6.07) is 13.0. The molecule has 0 bridgehead atoms. The number of fused-ring (bicyclic) bond motifs is 1. The lowest BCUT2D eigenvalue weighted by Gasteiger charge is -2.15. The number of nitrogens with one attached hydrogen (secondary N) is 1. The fraction of sp³-hybridized carbons (Fsp3) is 0.321. The molecule has 0 unspecified atom stereocenters. The van der Waals surface area contributed by atoms with Crippen LogP contribution >= 0.6 is 0 Å². The van der Waals surface area contributed by atoms with E-state index in [4.69, 9.17) is 9.72 Å². The summed E-state index contributed by atoms with van der Waals surface area (Å²) < 4.78 is 34.9. The maximum absolute atomic E-state index is 13.7. The van der Waals surface area contributed by atoms with Gasteiger partial charge in [-0.3, -0.25) is 9.78 Å². The first-order valence-corrected chi connectivity index (χ1v) is 12.0. The van der Waals surface area contributed by atoms with E-state index in [1.165, 1.54) is 6.07 Å². The fourth-order valence-electron chi connectivity index (χ4n) is 4.12. The van der Waals surface area contributed by atoms with Crippen LogP contribution in [-0.4, -0.2) is 27.0 Å². The minimum absolute atomic E-state index is 0.00744. The van der Waals surface area contributed by atoms with Crippen LogP contribution in [0, 0.1) is 17.6 Å². The molecule has 0 spiro atoms. The molecule has 3 heterocycles. The van der Waals surface area contributed by atoms with Crippen molar-refractivity contribution in [1.29, 1.82) is 0 Å². The molecule has 1 aromatic carbocycles. The van der Waals surface area contributed by atoms with Crippen molar-refractivity contribution in [3.63, 3.8) is 0 Å².